The van der Waals surface area contributed by atoms with E-state index in [9.17, 15) is 9.59 Å². The summed E-state index contributed by atoms with van der Waals surface area (Å²) in [7, 11) is 0. The lowest BCUT2D eigenvalue weighted by Crippen LogP contribution is -2.65. The number of hydrogen-bond acceptors (Lipinski definition) is 6. The van der Waals surface area contributed by atoms with Crippen LogP contribution in [0.15, 0.2) is 65.5 Å². The Balaban J connectivity index is 1.50. The number of benzene rings is 3. The number of fused-ring (bicyclic) bond motifs is 2. The summed E-state index contributed by atoms with van der Waals surface area (Å²) in [4.78, 5) is 39.5. The molecule has 3 heterocycles. The Kier molecular flexibility index (Phi) is 9.05. The van der Waals surface area contributed by atoms with Crippen molar-refractivity contribution in [3.05, 3.63) is 93.5 Å². The maximum atomic E-state index is 14.5. The number of rotatable bonds is 4. The summed E-state index contributed by atoms with van der Waals surface area (Å²) in [6.07, 6.45) is 0.444. The number of piperazine rings is 1. The molecule has 8 nitrogen and oxygen atoms in total. The average Bonchev–Trinajstić information content (AvgIpc) is 3.02. The summed E-state index contributed by atoms with van der Waals surface area (Å²) in [6.45, 7) is 23.3. The first-order chi connectivity index (χ1) is 23.1. The minimum absolute atomic E-state index is 0.102. The molecule has 2 aliphatic rings. The number of para-hydroxylation sites is 1. The van der Waals surface area contributed by atoms with Gasteiger partial charge in [-0.25, -0.2) is 9.59 Å². The van der Waals surface area contributed by atoms with Crippen molar-refractivity contribution >= 4 is 28.4 Å². The van der Waals surface area contributed by atoms with Crippen LogP contribution in [-0.4, -0.2) is 57.9 Å². The van der Waals surface area contributed by atoms with Crippen molar-refractivity contribution in [2.45, 2.75) is 106 Å². The van der Waals surface area contributed by atoms with Gasteiger partial charge in [0.05, 0.1) is 24.0 Å². The van der Waals surface area contributed by atoms with Crippen molar-refractivity contribution < 1.29 is 9.53 Å². The quantitative estimate of drug-likeness (QED) is 0.219. The van der Waals surface area contributed by atoms with Crippen LogP contribution in [0.25, 0.3) is 16.5 Å². The molecule has 0 spiro atoms. The van der Waals surface area contributed by atoms with Gasteiger partial charge in [-0.15, -0.1) is 0 Å². The smallest absolute Gasteiger partial charge is 0.410 e. The number of carbonyl (C=O) groups is 1. The Bertz CT molecular complexity index is 1930. The predicted molar refractivity (Wildman–Crippen MR) is 200 cm³/mol. The molecular weight excluding hydrogens is 610 g/mol. The van der Waals surface area contributed by atoms with Gasteiger partial charge in [-0.3, -0.25) is 4.57 Å². The molecule has 0 aliphatic carbocycles. The van der Waals surface area contributed by atoms with E-state index in [2.05, 4.69) is 107 Å². The van der Waals surface area contributed by atoms with E-state index in [0.717, 1.165) is 41.3 Å². The molecular formula is C41H53N5O3. The minimum Gasteiger partial charge on any atom is -0.444 e. The van der Waals surface area contributed by atoms with Crippen LogP contribution in [0.5, 0.6) is 0 Å². The van der Waals surface area contributed by atoms with Crippen LogP contribution < -0.4 is 15.5 Å². The first kappa shape index (κ1) is 34.5. The van der Waals surface area contributed by atoms with Crippen LogP contribution in [0, 0.1) is 12.3 Å². The second kappa shape index (κ2) is 12.8. The van der Waals surface area contributed by atoms with Crippen molar-refractivity contribution in [2.75, 3.05) is 29.4 Å². The highest BCUT2D eigenvalue weighted by atomic mass is 16.6. The molecule has 1 amide bonds. The van der Waals surface area contributed by atoms with Gasteiger partial charge in [-0.05, 0) is 81.0 Å². The highest BCUT2D eigenvalue weighted by Gasteiger charge is 2.45. The van der Waals surface area contributed by atoms with E-state index in [1.165, 1.54) is 22.0 Å². The van der Waals surface area contributed by atoms with Gasteiger partial charge in [0, 0.05) is 42.3 Å². The fourth-order valence-electron chi connectivity index (χ4n) is 8.16. The maximum Gasteiger partial charge on any atom is 0.410 e. The highest BCUT2D eigenvalue weighted by molar-refractivity contribution is 5.97. The van der Waals surface area contributed by atoms with Crippen LogP contribution in [0.3, 0.4) is 0 Å². The normalized spacial score (nSPS) is 18.6. The topological polar surface area (TPSA) is 70.9 Å². The molecule has 1 fully saturated rings. The van der Waals surface area contributed by atoms with Gasteiger partial charge in [0.15, 0.2) is 0 Å². The number of carbonyl (C=O) groups excluding carboxylic acids is 1. The molecule has 260 valence electrons. The Morgan fingerprint density at radius 1 is 0.898 bits per heavy atom. The Hall–Kier alpha value is -4.33. The molecule has 49 heavy (non-hydrogen) atoms. The molecule has 6 rings (SSSR count). The zero-order valence-electron chi connectivity index (χ0n) is 31.0. The molecule has 1 saturated heterocycles. The molecule has 0 bridgehead atoms. The number of ether oxygens (including phenoxy) is 1. The lowest BCUT2D eigenvalue weighted by molar-refractivity contribution is -0.00826. The SMILES string of the molecule is Cc1cccc2cccc(N3CCc4c(N5CCN(C(=O)OC(C)(C)C)[C@@H](C(C)(C)C)C5C)nc(=O)n(-c5ccccc5C(C)C)c4C3)c12. The van der Waals surface area contributed by atoms with Crippen molar-refractivity contribution in [3.63, 3.8) is 0 Å². The number of anilines is 2. The van der Waals surface area contributed by atoms with Crippen molar-refractivity contribution in [2.24, 2.45) is 5.41 Å². The fourth-order valence-corrected chi connectivity index (χ4v) is 8.16. The van der Waals surface area contributed by atoms with Gasteiger partial charge in [-0.2, -0.15) is 4.98 Å². The third-order valence-electron chi connectivity index (χ3n) is 10.1. The maximum absolute atomic E-state index is 14.5. The highest BCUT2D eigenvalue weighted by Crippen LogP contribution is 2.39. The van der Waals surface area contributed by atoms with Crippen molar-refractivity contribution in [1.82, 2.24) is 14.5 Å². The molecule has 1 aromatic heterocycles. The van der Waals surface area contributed by atoms with Gasteiger partial charge >= 0.3 is 11.8 Å². The van der Waals surface area contributed by atoms with Crippen LogP contribution in [0.1, 0.15) is 90.6 Å². The molecule has 4 aromatic rings. The molecule has 0 saturated carbocycles. The summed E-state index contributed by atoms with van der Waals surface area (Å²) in [5, 5.41) is 2.46. The standard InChI is InChI=1S/C41H53N5O3/c1-26(2)30-18-11-12-19-32(30)46-34-25-43(33-20-14-17-29-16-13-15-27(3)35(29)33)22-21-31(34)37(42-38(46)47)44-23-24-45(39(48)49-41(8,9)10)36(28(44)4)40(5,6)7/h11-20,26,28,36H,21-25H2,1-10H3/t28?,36-/m1/s1. The van der Waals surface area contributed by atoms with Gasteiger partial charge in [0.25, 0.3) is 0 Å². The second-order valence-electron chi connectivity index (χ2n) is 16.2. The Morgan fingerprint density at radius 3 is 2.24 bits per heavy atom. The van der Waals surface area contributed by atoms with Gasteiger partial charge in [0.1, 0.15) is 11.4 Å². The van der Waals surface area contributed by atoms with E-state index >= 15 is 0 Å². The lowest BCUT2D eigenvalue weighted by Gasteiger charge is -2.52. The van der Waals surface area contributed by atoms with E-state index in [4.69, 9.17) is 9.72 Å². The predicted octanol–water partition coefficient (Wildman–Crippen LogP) is 8.24. The summed E-state index contributed by atoms with van der Waals surface area (Å²) in [5.41, 5.74) is 5.41. The van der Waals surface area contributed by atoms with E-state index in [-0.39, 0.29) is 35.2 Å². The third-order valence-corrected chi connectivity index (χ3v) is 10.1. The molecule has 3 aromatic carbocycles. The molecule has 2 aliphatic heterocycles. The summed E-state index contributed by atoms with van der Waals surface area (Å²) in [6, 6.07) is 20.9. The summed E-state index contributed by atoms with van der Waals surface area (Å²) < 4.78 is 7.76. The number of aryl methyl sites for hydroxylation is 1. The van der Waals surface area contributed by atoms with Crippen molar-refractivity contribution in [3.8, 4) is 5.69 Å². The number of hydrogen-bond donors (Lipinski definition) is 0. The van der Waals surface area contributed by atoms with Crippen molar-refractivity contribution in [1.29, 1.82) is 0 Å². The van der Waals surface area contributed by atoms with E-state index in [1.54, 1.807) is 0 Å². The Labute approximate surface area is 291 Å². The lowest BCUT2D eigenvalue weighted by atomic mass is 9.79. The first-order valence-corrected chi connectivity index (χ1v) is 17.8. The molecule has 8 heteroatoms. The van der Waals surface area contributed by atoms with Crippen LogP contribution in [-0.2, 0) is 17.7 Å². The third kappa shape index (κ3) is 6.54. The van der Waals surface area contributed by atoms with Crippen LogP contribution in [0.4, 0.5) is 16.3 Å². The average molecular weight is 664 g/mol. The van der Waals surface area contributed by atoms with Gasteiger partial charge < -0.3 is 19.4 Å². The molecule has 1 unspecified atom stereocenters. The summed E-state index contributed by atoms with van der Waals surface area (Å²) >= 11 is 0. The second-order valence-corrected chi connectivity index (χ2v) is 16.2. The number of nitrogens with zero attached hydrogens (tertiary/aromatic N) is 5. The zero-order chi connectivity index (χ0) is 35.4. The summed E-state index contributed by atoms with van der Waals surface area (Å²) in [5.74, 6) is 0.977. The monoisotopic (exact) mass is 663 g/mol. The Morgan fingerprint density at radius 2 is 1.57 bits per heavy atom. The van der Waals surface area contributed by atoms with Crippen LogP contribution in [0.2, 0.25) is 0 Å². The first-order valence-electron chi connectivity index (χ1n) is 17.8. The van der Waals surface area contributed by atoms with Gasteiger partial charge in [-0.1, -0.05) is 83.1 Å². The zero-order valence-corrected chi connectivity index (χ0v) is 31.0. The van der Waals surface area contributed by atoms with Gasteiger partial charge in [0.2, 0.25) is 0 Å². The molecule has 0 N–H and O–H groups in total. The minimum atomic E-state index is -0.591. The molecule has 0 radical (unpaired) electrons. The number of aromatic nitrogens is 2. The fraction of sp³-hybridized carbons (Fsp3) is 0.488. The van der Waals surface area contributed by atoms with E-state index in [1.807, 2.05) is 42.4 Å². The van der Waals surface area contributed by atoms with Crippen LogP contribution >= 0.6 is 0 Å². The van der Waals surface area contributed by atoms with E-state index < -0.39 is 5.60 Å². The van der Waals surface area contributed by atoms with E-state index in [0.29, 0.717) is 19.6 Å². The number of amides is 1. The largest absolute Gasteiger partial charge is 0.444 e. The molecule has 2 atom stereocenters.